The molecule has 0 aliphatic heterocycles. The maximum atomic E-state index is 13.5. The third kappa shape index (κ3) is 5.15. The molecule has 0 aromatic heterocycles. The maximum absolute atomic E-state index is 13.5. The lowest BCUT2D eigenvalue weighted by Crippen LogP contribution is -2.22. The van der Waals surface area contributed by atoms with E-state index in [0.717, 1.165) is 0 Å². The molecule has 0 saturated heterocycles. The van der Waals surface area contributed by atoms with E-state index in [1.165, 1.54) is 0 Å². The van der Waals surface area contributed by atoms with E-state index in [1.807, 2.05) is 0 Å². The molecule has 0 aliphatic rings. The summed E-state index contributed by atoms with van der Waals surface area (Å²) in [6, 6.07) is 0. The fraction of sp³-hybridized carbons (Fsp3) is 1.00. The predicted octanol–water partition coefficient (Wildman–Crippen LogP) is 0.853. The first-order chi connectivity index (χ1) is 7.00. The van der Waals surface area contributed by atoms with Crippen LogP contribution in [0.3, 0.4) is 0 Å². The fourth-order valence-corrected chi connectivity index (χ4v) is 2.65. The summed E-state index contributed by atoms with van der Waals surface area (Å²) < 4.78 is 23.2. The lowest BCUT2D eigenvalue weighted by Gasteiger charge is -2.20. The Morgan fingerprint density at radius 3 is 2.07 bits per heavy atom. The first-order valence-electron chi connectivity index (χ1n) is 4.83. The van der Waals surface area contributed by atoms with E-state index in [-0.39, 0.29) is 13.2 Å². The second-order valence-electron chi connectivity index (χ2n) is 2.91. The van der Waals surface area contributed by atoms with Gasteiger partial charge in [0.15, 0.2) is 0 Å². The number of rotatable bonds is 8. The average molecular weight is 245 g/mol. The zero-order valence-electron chi connectivity index (χ0n) is 8.97. The van der Waals surface area contributed by atoms with Gasteiger partial charge in [-0.2, -0.15) is 18.3 Å². The van der Waals surface area contributed by atoms with Gasteiger partial charge < -0.3 is 10.2 Å². The van der Waals surface area contributed by atoms with E-state index in [0.29, 0.717) is 0 Å². The van der Waals surface area contributed by atoms with Gasteiger partial charge in [-0.05, 0) is 13.8 Å². The summed E-state index contributed by atoms with van der Waals surface area (Å²) in [6.07, 6.45) is -1.62. The van der Waals surface area contributed by atoms with E-state index in [9.17, 15) is 9.28 Å². The molecule has 1 unspecified atom stereocenters. The van der Waals surface area contributed by atoms with Crippen LogP contribution in [0.25, 0.3) is 0 Å². The highest BCUT2D eigenvalue weighted by atomic mass is 31.2. The topological polar surface area (TPSA) is 79.2 Å². The monoisotopic (exact) mass is 245 g/mol. The van der Waals surface area contributed by atoms with Gasteiger partial charge >= 0.3 is 7.94 Å². The number of aliphatic hydroxyl groups is 2. The van der Waals surface area contributed by atoms with Crippen molar-refractivity contribution in [3.63, 3.8) is 0 Å². The van der Waals surface area contributed by atoms with Crippen LogP contribution >= 0.6 is 7.94 Å². The molecule has 0 saturated carbocycles. The van der Waals surface area contributed by atoms with Gasteiger partial charge in [0.1, 0.15) is 0 Å². The van der Waals surface area contributed by atoms with E-state index < -0.39 is 33.0 Å². The van der Waals surface area contributed by atoms with Crippen molar-refractivity contribution in [2.45, 2.75) is 32.3 Å². The van der Waals surface area contributed by atoms with Crippen molar-refractivity contribution >= 4 is 7.94 Å². The van der Waals surface area contributed by atoms with Gasteiger partial charge in [-0.15, -0.1) is 0 Å². The van der Waals surface area contributed by atoms with Crippen molar-refractivity contribution in [1.29, 1.82) is 0 Å². The first-order valence-corrected chi connectivity index (χ1v) is 6.48. The smallest absolute Gasteiger partial charge is 0.394 e. The minimum atomic E-state index is -3.57. The Morgan fingerprint density at radius 1 is 1.27 bits per heavy atom. The van der Waals surface area contributed by atoms with Crippen LogP contribution < -0.4 is 0 Å². The number of alkyl halides is 1. The molecule has 0 aromatic rings. The summed E-state index contributed by atoms with van der Waals surface area (Å²) in [7, 11) is -3.57. The normalized spacial score (nSPS) is 16.4. The van der Waals surface area contributed by atoms with Crippen LogP contribution in [0.4, 0.5) is 4.39 Å². The quantitative estimate of drug-likeness (QED) is 0.552. The summed E-state index contributed by atoms with van der Waals surface area (Å²) >= 11 is 0. The number of hydrogen-bond acceptors (Lipinski definition) is 5. The Labute approximate surface area is 89.4 Å². The van der Waals surface area contributed by atoms with E-state index in [1.54, 1.807) is 13.8 Å². The van der Waals surface area contributed by atoms with E-state index in [4.69, 9.17) is 19.3 Å². The molecule has 0 radical (unpaired) electrons. The van der Waals surface area contributed by atoms with Crippen molar-refractivity contribution in [3.8, 4) is 0 Å². The Hall–Kier alpha value is 0.160. The predicted molar refractivity (Wildman–Crippen MR) is 55.0 cm³/mol. The van der Waals surface area contributed by atoms with Crippen LogP contribution in [0.2, 0.25) is 0 Å². The maximum Gasteiger partial charge on any atom is 0.444 e. The lowest BCUT2D eigenvalue weighted by molar-refractivity contribution is 0.0661. The van der Waals surface area contributed by atoms with Gasteiger partial charge in [-0.3, -0.25) is 0 Å². The Bertz CT molecular complexity index is 165. The van der Waals surface area contributed by atoms with Crippen LogP contribution in [0.15, 0.2) is 0 Å². The molecule has 3 N–H and O–H groups in total. The van der Waals surface area contributed by atoms with Gasteiger partial charge in [0.25, 0.3) is 5.91 Å². The standard InChI is InChI=1S/C8H19FO5P/c1-3-13-15(12,14-4-2)8(9)5-7(11)6-10/h7-8,10-12H,3-6H2,1-2H3/q+1/t7-,8?/m1/s1. The van der Waals surface area contributed by atoms with Gasteiger partial charge in [0, 0.05) is 0 Å². The molecule has 0 amide bonds. The molecule has 0 aliphatic carbocycles. The third-order valence-electron chi connectivity index (χ3n) is 1.66. The van der Waals surface area contributed by atoms with Crippen LogP contribution in [0.1, 0.15) is 20.3 Å². The summed E-state index contributed by atoms with van der Waals surface area (Å²) in [5.74, 6) is -1.81. The minimum absolute atomic E-state index is 0.125. The van der Waals surface area contributed by atoms with Crippen molar-refractivity contribution in [2.24, 2.45) is 0 Å². The Kier molecular flexibility index (Phi) is 7.52. The molecule has 0 aromatic carbocycles. The summed E-state index contributed by atoms with van der Waals surface area (Å²) in [5.41, 5.74) is 0. The lowest BCUT2D eigenvalue weighted by atomic mass is 10.3. The molecule has 92 valence electrons. The SMILES string of the molecule is CCO[P+](O)(OCC)C(F)C[C@@H](O)CO. The molecule has 0 bridgehead atoms. The zero-order chi connectivity index (χ0) is 11.9. The molecular formula is C8H19FO5P+. The molecule has 2 atom stereocenters. The number of hydrogen-bond donors (Lipinski definition) is 3. The minimum Gasteiger partial charge on any atom is -0.394 e. The Morgan fingerprint density at radius 2 is 1.73 bits per heavy atom. The molecular weight excluding hydrogens is 226 g/mol. The largest absolute Gasteiger partial charge is 0.444 e. The van der Waals surface area contributed by atoms with Crippen molar-refractivity contribution in [2.75, 3.05) is 19.8 Å². The first kappa shape index (κ1) is 15.2. The summed E-state index contributed by atoms with van der Waals surface area (Å²) in [5, 5.41) is 17.6. The molecule has 15 heavy (non-hydrogen) atoms. The molecule has 0 fully saturated rings. The summed E-state index contributed by atoms with van der Waals surface area (Å²) in [6.45, 7) is 2.91. The number of halogens is 1. The van der Waals surface area contributed by atoms with Crippen molar-refractivity contribution < 1.29 is 28.5 Å². The van der Waals surface area contributed by atoms with Crippen LogP contribution in [0, 0.1) is 0 Å². The molecule has 0 spiro atoms. The zero-order valence-corrected chi connectivity index (χ0v) is 9.86. The second-order valence-corrected chi connectivity index (χ2v) is 5.11. The molecule has 0 rings (SSSR count). The summed E-state index contributed by atoms with van der Waals surface area (Å²) in [4.78, 5) is 9.72. The molecule has 7 heteroatoms. The highest BCUT2D eigenvalue weighted by Crippen LogP contribution is 2.62. The van der Waals surface area contributed by atoms with Gasteiger partial charge in [-0.1, -0.05) is 0 Å². The van der Waals surface area contributed by atoms with Crippen molar-refractivity contribution in [3.05, 3.63) is 0 Å². The average Bonchev–Trinajstić information content (AvgIpc) is 2.18. The van der Waals surface area contributed by atoms with E-state index >= 15 is 0 Å². The Balaban J connectivity index is 4.32. The van der Waals surface area contributed by atoms with Gasteiger partial charge in [-0.25, -0.2) is 0 Å². The van der Waals surface area contributed by atoms with Crippen LogP contribution in [-0.2, 0) is 9.05 Å². The third-order valence-corrected chi connectivity index (χ3v) is 3.83. The highest BCUT2D eigenvalue weighted by molar-refractivity contribution is 7.61. The van der Waals surface area contributed by atoms with Crippen LogP contribution in [0.5, 0.6) is 0 Å². The molecule has 0 heterocycles. The van der Waals surface area contributed by atoms with E-state index in [2.05, 4.69) is 0 Å². The van der Waals surface area contributed by atoms with Gasteiger partial charge in [0.2, 0.25) is 0 Å². The fourth-order valence-electron chi connectivity index (χ4n) is 1.00. The second kappa shape index (κ2) is 7.44. The van der Waals surface area contributed by atoms with Crippen LogP contribution in [-0.4, -0.2) is 46.9 Å². The van der Waals surface area contributed by atoms with Crippen molar-refractivity contribution in [1.82, 2.24) is 0 Å². The van der Waals surface area contributed by atoms with Gasteiger partial charge in [0.05, 0.1) is 32.3 Å². The molecule has 5 nitrogen and oxygen atoms in total. The highest BCUT2D eigenvalue weighted by Gasteiger charge is 2.51. The number of aliphatic hydroxyl groups excluding tert-OH is 2.